The van der Waals surface area contributed by atoms with Crippen molar-refractivity contribution in [2.75, 3.05) is 19.7 Å². The molecule has 2 aromatic rings. The Morgan fingerprint density at radius 1 is 1.29 bits per heavy atom. The highest BCUT2D eigenvalue weighted by atomic mass is 16.5. The lowest BCUT2D eigenvalue weighted by Gasteiger charge is -2.30. The largest absolute Gasteiger partial charge is 0.467 e. The van der Waals surface area contributed by atoms with Crippen LogP contribution in [0.1, 0.15) is 22.8 Å². The summed E-state index contributed by atoms with van der Waals surface area (Å²) in [6.07, 6.45) is 2.26. The van der Waals surface area contributed by atoms with Gasteiger partial charge in [-0.1, -0.05) is 24.3 Å². The first-order valence-corrected chi connectivity index (χ1v) is 7.39. The van der Waals surface area contributed by atoms with Gasteiger partial charge < -0.3 is 19.6 Å². The number of hydrogen-bond donors (Lipinski definition) is 2. The topological polar surface area (TPSA) is 54.6 Å². The maximum Gasteiger partial charge on any atom is 0.129 e. The predicted octanol–water partition coefficient (Wildman–Crippen LogP) is 2.09. The van der Waals surface area contributed by atoms with Crippen LogP contribution in [0.2, 0.25) is 0 Å². The van der Waals surface area contributed by atoms with Crippen LogP contribution < -0.4 is 5.32 Å². The summed E-state index contributed by atoms with van der Waals surface area (Å²) in [6.45, 7) is 2.18. The molecule has 1 aliphatic rings. The van der Waals surface area contributed by atoms with E-state index < -0.39 is 6.10 Å². The Labute approximate surface area is 124 Å². The molecule has 0 aliphatic heterocycles. The average molecular weight is 287 g/mol. The van der Waals surface area contributed by atoms with Crippen LogP contribution in [-0.4, -0.2) is 30.9 Å². The molecule has 0 saturated carbocycles. The third kappa shape index (κ3) is 3.73. The summed E-state index contributed by atoms with van der Waals surface area (Å²) in [5.41, 5.74) is 2.89. The second kappa shape index (κ2) is 6.89. The molecular formula is C17H21NO3. The molecule has 0 fully saturated rings. The Morgan fingerprint density at radius 3 is 3.00 bits per heavy atom. The van der Waals surface area contributed by atoms with Crippen molar-refractivity contribution in [2.24, 2.45) is 0 Å². The first-order valence-electron chi connectivity index (χ1n) is 7.39. The van der Waals surface area contributed by atoms with E-state index in [0.29, 0.717) is 25.7 Å². The van der Waals surface area contributed by atoms with Crippen molar-refractivity contribution in [1.82, 2.24) is 5.32 Å². The zero-order chi connectivity index (χ0) is 14.5. The van der Waals surface area contributed by atoms with E-state index in [0.717, 1.165) is 18.7 Å². The maximum atomic E-state index is 9.86. The summed E-state index contributed by atoms with van der Waals surface area (Å²) in [4.78, 5) is 0. The molecule has 4 heteroatoms. The fourth-order valence-corrected chi connectivity index (χ4v) is 2.72. The molecule has 1 heterocycles. The van der Waals surface area contributed by atoms with E-state index in [4.69, 9.17) is 9.15 Å². The minimum atomic E-state index is -0.490. The molecule has 21 heavy (non-hydrogen) atoms. The number of benzene rings is 1. The van der Waals surface area contributed by atoms with Crippen LogP contribution in [0.25, 0.3) is 0 Å². The highest BCUT2D eigenvalue weighted by Crippen LogP contribution is 2.33. The van der Waals surface area contributed by atoms with Gasteiger partial charge in [-0.2, -0.15) is 0 Å². The van der Waals surface area contributed by atoms with Crippen LogP contribution >= 0.6 is 0 Å². The lowest BCUT2D eigenvalue weighted by atomic mass is 9.77. The molecule has 2 atom stereocenters. The van der Waals surface area contributed by atoms with Gasteiger partial charge >= 0.3 is 0 Å². The first kappa shape index (κ1) is 14.3. The number of ether oxygens (including phenoxy) is 1. The van der Waals surface area contributed by atoms with E-state index in [1.54, 1.807) is 6.26 Å². The molecule has 0 saturated heterocycles. The van der Waals surface area contributed by atoms with E-state index in [1.165, 1.54) is 11.1 Å². The van der Waals surface area contributed by atoms with Crippen LogP contribution in [0.5, 0.6) is 0 Å². The summed E-state index contributed by atoms with van der Waals surface area (Å²) in [5, 5.41) is 13.2. The predicted molar refractivity (Wildman–Crippen MR) is 80.1 cm³/mol. The average Bonchev–Trinajstić information content (AvgIpc) is 2.97. The Balaban J connectivity index is 1.29. The van der Waals surface area contributed by atoms with E-state index in [2.05, 4.69) is 29.6 Å². The van der Waals surface area contributed by atoms with Crippen molar-refractivity contribution in [3.63, 3.8) is 0 Å². The molecule has 1 aromatic carbocycles. The zero-order valence-corrected chi connectivity index (χ0v) is 12.0. The lowest BCUT2D eigenvalue weighted by Crippen LogP contribution is -2.35. The lowest BCUT2D eigenvalue weighted by molar-refractivity contribution is 0.0226. The molecule has 0 spiro atoms. The van der Waals surface area contributed by atoms with Gasteiger partial charge in [0, 0.05) is 19.0 Å². The summed E-state index contributed by atoms with van der Waals surface area (Å²) >= 11 is 0. The van der Waals surface area contributed by atoms with Crippen molar-refractivity contribution in [3.8, 4) is 0 Å². The number of nitrogens with one attached hydrogen (secondary N) is 1. The summed E-state index contributed by atoms with van der Waals surface area (Å²) in [5.74, 6) is 1.36. The number of hydrogen-bond acceptors (Lipinski definition) is 4. The Bertz CT molecular complexity index is 553. The molecule has 0 bridgehead atoms. The fraction of sp³-hybridized carbons (Fsp3) is 0.412. The molecule has 2 N–H and O–H groups in total. The zero-order valence-electron chi connectivity index (χ0n) is 12.0. The monoisotopic (exact) mass is 287 g/mol. The molecule has 112 valence electrons. The third-order valence-electron chi connectivity index (χ3n) is 3.87. The minimum Gasteiger partial charge on any atom is -0.467 e. The Kier molecular flexibility index (Phi) is 4.70. The Morgan fingerprint density at radius 2 is 2.19 bits per heavy atom. The molecule has 1 aromatic heterocycles. The van der Waals surface area contributed by atoms with E-state index in [-0.39, 0.29) is 0 Å². The summed E-state index contributed by atoms with van der Waals surface area (Å²) < 4.78 is 10.6. The summed E-state index contributed by atoms with van der Waals surface area (Å²) in [7, 11) is 0. The van der Waals surface area contributed by atoms with Crippen molar-refractivity contribution < 1.29 is 14.3 Å². The molecule has 2 unspecified atom stereocenters. The van der Waals surface area contributed by atoms with E-state index in [1.807, 2.05) is 12.1 Å². The number of aliphatic hydroxyl groups excluding tert-OH is 1. The van der Waals surface area contributed by atoms with Gasteiger partial charge in [-0.15, -0.1) is 0 Å². The standard InChI is InChI=1S/C17H21NO3/c19-15(11-20-12-16-5-3-7-21-16)10-18-9-14-8-13-4-1-2-6-17(13)14/h1-7,14-15,18-19H,8-12H2. The van der Waals surface area contributed by atoms with E-state index in [9.17, 15) is 5.11 Å². The number of aliphatic hydroxyl groups is 1. The van der Waals surface area contributed by atoms with Crippen LogP contribution in [0, 0.1) is 0 Å². The van der Waals surface area contributed by atoms with Gasteiger partial charge in [0.1, 0.15) is 12.4 Å². The highest BCUT2D eigenvalue weighted by molar-refractivity contribution is 5.40. The van der Waals surface area contributed by atoms with Gasteiger partial charge in [0.25, 0.3) is 0 Å². The minimum absolute atomic E-state index is 0.314. The normalized spacial score (nSPS) is 18.0. The quantitative estimate of drug-likeness (QED) is 0.780. The second-order valence-corrected chi connectivity index (χ2v) is 5.51. The molecule has 0 amide bonds. The Hall–Kier alpha value is -1.62. The van der Waals surface area contributed by atoms with Gasteiger partial charge in [-0.05, 0) is 29.7 Å². The number of furan rings is 1. The van der Waals surface area contributed by atoms with Crippen LogP contribution in [-0.2, 0) is 17.8 Å². The van der Waals surface area contributed by atoms with Gasteiger partial charge in [-0.3, -0.25) is 0 Å². The smallest absolute Gasteiger partial charge is 0.129 e. The number of fused-ring (bicyclic) bond motifs is 1. The van der Waals surface area contributed by atoms with Crippen molar-refractivity contribution >= 4 is 0 Å². The van der Waals surface area contributed by atoms with Gasteiger partial charge in [0.2, 0.25) is 0 Å². The van der Waals surface area contributed by atoms with Crippen molar-refractivity contribution in [3.05, 3.63) is 59.5 Å². The molecule has 4 nitrogen and oxygen atoms in total. The van der Waals surface area contributed by atoms with Crippen LogP contribution in [0.15, 0.2) is 47.1 Å². The van der Waals surface area contributed by atoms with Crippen molar-refractivity contribution in [1.29, 1.82) is 0 Å². The van der Waals surface area contributed by atoms with Gasteiger partial charge in [0.15, 0.2) is 0 Å². The SMILES string of the molecule is OC(CNCC1Cc2ccccc21)COCc1ccco1. The van der Waals surface area contributed by atoms with Crippen molar-refractivity contribution in [2.45, 2.75) is 25.0 Å². The molecular weight excluding hydrogens is 266 g/mol. The van der Waals surface area contributed by atoms with Crippen LogP contribution in [0.3, 0.4) is 0 Å². The number of rotatable bonds is 8. The summed E-state index contributed by atoms with van der Waals surface area (Å²) in [6, 6.07) is 12.2. The van der Waals surface area contributed by atoms with Gasteiger partial charge in [0.05, 0.1) is 19.0 Å². The molecule has 1 aliphatic carbocycles. The van der Waals surface area contributed by atoms with E-state index >= 15 is 0 Å². The highest BCUT2D eigenvalue weighted by Gasteiger charge is 2.24. The second-order valence-electron chi connectivity index (χ2n) is 5.51. The van der Waals surface area contributed by atoms with Gasteiger partial charge in [-0.25, -0.2) is 0 Å². The molecule has 3 rings (SSSR count). The van der Waals surface area contributed by atoms with Crippen LogP contribution in [0.4, 0.5) is 0 Å². The molecule has 0 radical (unpaired) electrons. The maximum absolute atomic E-state index is 9.86. The first-order chi connectivity index (χ1) is 10.3. The fourth-order valence-electron chi connectivity index (χ4n) is 2.72. The third-order valence-corrected chi connectivity index (χ3v) is 3.87.